The van der Waals surface area contributed by atoms with E-state index in [0.29, 0.717) is 16.0 Å². The summed E-state index contributed by atoms with van der Waals surface area (Å²) in [5.41, 5.74) is 4.57. The number of benzene rings is 1. The van der Waals surface area contributed by atoms with Crippen molar-refractivity contribution in [3.05, 3.63) is 56.7 Å². The van der Waals surface area contributed by atoms with Gasteiger partial charge in [-0.3, -0.25) is 15.2 Å². The maximum absolute atomic E-state index is 11.6. The second-order valence-corrected chi connectivity index (χ2v) is 4.09. The van der Waals surface area contributed by atoms with Crippen molar-refractivity contribution in [1.82, 2.24) is 9.97 Å². The lowest BCUT2D eigenvalue weighted by atomic mass is 10.2. The molecule has 0 unspecified atom stereocenters. The van der Waals surface area contributed by atoms with Crippen LogP contribution >= 0.6 is 12.2 Å². The van der Waals surface area contributed by atoms with Crippen molar-refractivity contribution in [3.63, 3.8) is 0 Å². The molecule has 2 rings (SSSR count). The maximum Gasteiger partial charge on any atom is 0.260 e. The first-order chi connectivity index (χ1) is 8.66. The van der Waals surface area contributed by atoms with Gasteiger partial charge in [-0.15, -0.1) is 0 Å². The third-order valence-corrected chi connectivity index (χ3v) is 2.54. The third kappa shape index (κ3) is 2.92. The molecule has 0 radical (unpaired) electrons. The van der Waals surface area contributed by atoms with Crippen LogP contribution in [0.1, 0.15) is 11.3 Å². The van der Waals surface area contributed by atoms with Gasteiger partial charge in [0.1, 0.15) is 0 Å². The van der Waals surface area contributed by atoms with Gasteiger partial charge in [-0.1, -0.05) is 18.2 Å². The molecule has 1 aromatic carbocycles. The van der Waals surface area contributed by atoms with Crippen molar-refractivity contribution in [2.75, 3.05) is 5.43 Å². The minimum atomic E-state index is -0.255. The average Bonchev–Trinajstić information content (AvgIpc) is 2.34. The van der Waals surface area contributed by atoms with Gasteiger partial charge in [0, 0.05) is 5.69 Å². The number of para-hydroxylation sites is 1. The number of rotatable bonds is 3. The molecular formula is C12H12N4OS. The minimum Gasteiger partial charge on any atom is -0.335 e. The normalized spacial score (nSPS) is 10.7. The number of aromatic nitrogens is 2. The van der Waals surface area contributed by atoms with Crippen LogP contribution in [-0.2, 0) is 0 Å². The van der Waals surface area contributed by atoms with E-state index in [4.69, 9.17) is 12.2 Å². The smallest absolute Gasteiger partial charge is 0.260 e. The summed E-state index contributed by atoms with van der Waals surface area (Å²) in [5, 5.41) is 4.01. The zero-order valence-corrected chi connectivity index (χ0v) is 10.5. The van der Waals surface area contributed by atoms with Crippen molar-refractivity contribution in [3.8, 4) is 0 Å². The van der Waals surface area contributed by atoms with E-state index < -0.39 is 0 Å². The molecule has 1 heterocycles. The van der Waals surface area contributed by atoms with E-state index in [1.165, 1.54) is 6.21 Å². The molecule has 3 N–H and O–H groups in total. The highest BCUT2D eigenvalue weighted by Crippen LogP contribution is 2.04. The molecule has 18 heavy (non-hydrogen) atoms. The first-order valence-electron chi connectivity index (χ1n) is 5.34. The lowest BCUT2D eigenvalue weighted by Crippen LogP contribution is -2.16. The molecule has 0 saturated carbocycles. The van der Waals surface area contributed by atoms with Crippen LogP contribution in [0.4, 0.5) is 5.69 Å². The summed E-state index contributed by atoms with van der Waals surface area (Å²) in [6.07, 6.45) is 1.46. The van der Waals surface area contributed by atoms with Gasteiger partial charge in [-0.2, -0.15) is 5.10 Å². The fourth-order valence-corrected chi connectivity index (χ4v) is 1.69. The van der Waals surface area contributed by atoms with Crippen molar-refractivity contribution >= 4 is 24.1 Å². The third-order valence-electron chi connectivity index (χ3n) is 2.34. The van der Waals surface area contributed by atoms with Crippen molar-refractivity contribution in [2.45, 2.75) is 6.92 Å². The molecule has 0 bridgehead atoms. The lowest BCUT2D eigenvalue weighted by Gasteiger charge is -2.00. The van der Waals surface area contributed by atoms with Gasteiger partial charge in [0.05, 0.1) is 17.5 Å². The van der Waals surface area contributed by atoms with Crippen LogP contribution in [0.2, 0.25) is 0 Å². The highest BCUT2D eigenvalue weighted by Gasteiger charge is 2.00. The average molecular weight is 260 g/mol. The second kappa shape index (κ2) is 5.42. The Hall–Kier alpha value is -2.21. The Labute approximate surface area is 109 Å². The molecule has 5 nitrogen and oxygen atoms in total. The van der Waals surface area contributed by atoms with Crippen LogP contribution in [0.15, 0.2) is 40.2 Å². The molecule has 0 saturated heterocycles. The topological polar surface area (TPSA) is 73.0 Å². The molecular weight excluding hydrogens is 248 g/mol. The summed E-state index contributed by atoms with van der Waals surface area (Å²) in [4.78, 5) is 17.0. The highest BCUT2D eigenvalue weighted by molar-refractivity contribution is 7.71. The van der Waals surface area contributed by atoms with Crippen LogP contribution < -0.4 is 11.0 Å². The second-order valence-electron chi connectivity index (χ2n) is 3.68. The predicted molar refractivity (Wildman–Crippen MR) is 74.6 cm³/mol. The zero-order chi connectivity index (χ0) is 13.0. The van der Waals surface area contributed by atoms with E-state index in [1.54, 1.807) is 6.92 Å². The SMILES string of the molecule is Cc1[nH]c(=S)[nH]c(=O)c1/C=N\Nc1ccccc1. The highest BCUT2D eigenvalue weighted by atomic mass is 32.1. The summed E-state index contributed by atoms with van der Waals surface area (Å²) in [5.74, 6) is 0. The Kier molecular flexibility index (Phi) is 3.69. The number of hydrazone groups is 1. The standard InChI is InChI=1S/C12H12N4OS/c1-8-10(11(17)15-12(18)14-8)7-13-16-9-5-3-2-4-6-9/h2-7,16H,1H3,(H2,14,15,17,18)/b13-7-. The molecule has 0 aliphatic rings. The summed E-state index contributed by atoms with van der Waals surface area (Å²) < 4.78 is 0.311. The van der Waals surface area contributed by atoms with Crippen molar-refractivity contribution in [1.29, 1.82) is 0 Å². The maximum atomic E-state index is 11.6. The molecule has 2 aromatic rings. The Morgan fingerprint density at radius 1 is 1.28 bits per heavy atom. The number of hydrogen-bond acceptors (Lipinski definition) is 4. The van der Waals surface area contributed by atoms with E-state index in [0.717, 1.165) is 5.69 Å². The summed E-state index contributed by atoms with van der Waals surface area (Å²) in [6.45, 7) is 1.77. The summed E-state index contributed by atoms with van der Waals surface area (Å²) in [6, 6.07) is 9.48. The molecule has 0 spiro atoms. The molecule has 0 amide bonds. The largest absolute Gasteiger partial charge is 0.335 e. The number of aromatic amines is 2. The molecule has 0 atom stereocenters. The van der Waals surface area contributed by atoms with Crippen LogP contribution in [-0.4, -0.2) is 16.2 Å². The van der Waals surface area contributed by atoms with E-state index in [1.807, 2.05) is 30.3 Å². The molecule has 0 fully saturated rings. The number of anilines is 1. The molecule has 0 aliphatic carbocycles. The number of nitrogens with one attached hydrogen (secondary N) is 3. The fourth-order valence-electron chi connectivity index (χ4n) is 1.45. The quantitative estimate of drug-likeness (QED) is 0.450. The monoisotopic (exact) mass is 260 g/mol. The number of nitrogens with zero attached hydrogens (tertiary/aromatic N) is 1. The van der Waals surface area contributed by atoms with Crippen LogP contribution in [0.25, 0.3) is 0 Å². The Bertz CT molecular complexity index is 672. The first kappa shape index (κ1) is 12.3. The van der Waals surface area contributed by atoms with Gasteiger partial charge in [-0.05, 0) is 31.3 Å². The molecule has 1 aromatic heterocycles. The predicted octanol–water partition coefficient (Wildman–Crippen LogP) is 2.19. The van der Waals surface area contributed by atoms with Crippen molar-refractivity contribution < 1.29 is 0 Å². The number of H-pyrrole nitrogens is 2. The number of aryl methyl sites for hydroxylation is 1. The zero-order valence-electron chi connectivity index (χ0n) is 9.73. The summed E-state index contributed by atoms with van der Waals surface area (Å²) in [7, 11) is 0. The van der Waals surface area contributed by atoms with Crippen molar-refractivity contribution in [2.24, 2.45) is 5.10 Å². The summed E-state index contributed by atoms with van der Waals surface area (Å²) >= 11 is 4.86. The molecule has 0 aliphatic heterocycles. The van der Waals surface area contributed by atoms with E-state index in [-0.39, 0.29) is 5.56 Å². The Balaban J connectivity index is 2.20. The van der Waals surface area contributed by atoms with E-state index >= 15 is 0 Å². The van der Waals surface area contributed by atoms with Gasteiger partial charge in [-0.25, -0.2) is 0 Å². The van der Waals surface area contributed by atoms with Crippen LogP contribution in [0, 0.1) is 11.7 Å². The first-order valence-corrected chi connectivity index (χ1v) is 5.75. The van der Waals surface area contributed by atoms with Gasteiger partial charge in [0.25, 0.3) is 5.56 Å². The Morgan fingerprint density at radius 2 is 2.00 bits per heavy atom. The minimum absolute atomic E-state index is 0.255. The van der Waals surface area contributed by atoms with E-state index in [9.17, 15) is 4.79 Å². The Morgan fingerprint density at radius 3 is 2.67 bits per heavy atom. The van der Waals surface area contributed by atoms with Gasteiger partial charge < -0.3 is 4.98 Å². The van der Waals surface area contributed by atoms with Gasteiger partial charge >= 0.3 is 0 Å². The molecule has 92 valence electrons. The van der Waals surface area contributed by atoms with E-state index in [2.05, 4.69) is 20.5 Å². The van der Waals surface area contributed by atoms with Crippen LogP contribution in [0.5, 0.6) is 0 Å². The number of hydrogen-bond donors (Lipinski definition) is 3. The van der Waals surface area contributed by atoms with Gasteiger partial charge in [0.15, 0.2) is 4.77 Å². The fraction of sp³-hybridized carbons (Fsp3) is 0.0833. The molecule has 6 heteroatoms. The van der Waals surface area contributed by atoms with Crippen LogP contribution in [0.3, 0.4) is 0 Å². The lowest BCUT2D eigenvalue weighted by molar-refractivity contribution is 1.03. The van der Waals surface area contributed by atoms with Gasteiger partial charge in [0.2, 0.25) is 0 Å².